The van der Waals surface area contributed by atoms with E-state index in [4.69, 9.17) is 0 Å². The van der Waals surface area contributed by atoms with Gasteiger partial charge < -0.3 is 9.64 Å². The Balaban J connectivity index is 2.76. The molecule has 1 saturated heterocycles. The monoisotopic (exact) mass is 199 g/mol. The van der Waals surface area contributed by atoms with Crippen molar-refractivity contribution < 1.29 is 14.3 Å². The lowest BCUT2D eigenvalue weighted by Crippen LogP contribution is -2.44. The summed E-state index contributed by atoms with van der Waals surface area (Å²) in [5.41, 5.74) is 0. The molecular weight excluding hydrogens is 182 g/mol. The highest BCUT2D eigenvalue weighted by Crippen LogP contribution is 2.25. The van der Waals surface area contributed by atoms with Gasteiger partial charge in [0.15, 0.2) is 0 Å². The Kier molecular flexibility index (Phi) is 3.49. The van der Waals surface area contributed by atoms with Crippen LogP contribution in [-0.2, 0) is 14.3 Å². The zero-order valence-electron chi connectivity index (χ0n) is 8.95. The van der Waals surface area contributed by atoms with Crippen molar-refractivity contribution in [3.63, 3.8) is 0 Å². The summed E-state index contributed by atoms with van der Waals surface area (Å²) in [6.45, 7) is 3.78. The zero-order chi connectivity index (χ0) is 10.7. The molecule has 2 atom stereocenters. The average molecular weight is 199 g/mol. The first kappa shape index (κ1) is 11.0. The molecule has 1 fully saturated rings. The Bertz CT molecular complexity index is 240. The van der Waals surface area contributed by atoms with Gasteiger partial charge in [0, 0.05) is 12.5 Å². The molecule has 0 aliphatic carbocycles. The van der Waals surface area contributed by atoms with Gasteiger partial charge in [-0.25, -0.2) is 4.79 Å². The Labute approximate surface area is 84.2 Å². The molecule has 4 nitrogen and oxygen atoms in total. The lowest BCUT2D eigenvalue weighted by atomic mass is 10.2. The van der Waals surface area contributed by atoms with E-state index in [1.165, 1.54) is 7.11 Å². The van der Waals surface area contributed by atoms with Crippen LogP contribution in [0.3, 0.4) is 0 Å². The third-order valence-electron chi connectivity index (χ3n) is 2.73. The minimum absolute atomic E-state index is 0.0328. The molecule has 0 radical (unpaired) electrons. The summed E-state index contributed by atoms with van der Waals surface area (Å²) in [4.78, 5) is 24.6. The molecule has 4 heteroatoms. The maximum absolute atomic E-state index is 11.6. The number of esters is 1. The van der Waals surface area contributed by atoms with Crippen LogP contribution in [0, 0.1) is 0 Å². The van der Waals surface area contributed by atoms with E-state index in [0.29, 0.717) is 6.42 Å². The third kappa shape index (κ3) is 1.89. The molecule has 1 aliphatic heterocycles. The number of nitrogens with zero attached hydrogens (tertiary/aromatic N) is 1. The summed E-state index contributed by atoms with van der Waals surface area (Å²) in [5.74, 6) is -0.262. The second kappa shape index (κ2) is 4.44. The third-order valence-corrected chi connectivity index (χ3v) is 2.73. The molecule has 0 aromatic rings. The predicted octanol–water partition coefficient (Wildman–Crippen LogP) is 0.949. The van der Waals surface area contributed by atoms with Gasteiger partial charge in [0.1, 0.15) is 6.04 Å². The number of carbonyl (C=O) groups excluding carboxylic acids is 2. The maximum atomic E-state index is 11.6. The molecule has 0 bridgehead atoms. The van der Waals surface area contributed by atoms with Crippen LogP contribution in [0.15, 0.2) is 0 Å². The van der Waals surface area contributed by atoms with E-state index in [0.717, 1.165) is 12.8 Å². The molecule has 1 amide bonds. The number of rotatable bonds is 2. The molecule has 0 aromatic carbocycles. The first-order chi connectivity index (χ1) is 6.61. The van der Waals surface area contributed by atoms with Crippen LogP contribution in [0.2, 0.25) is 0 Å². The van der Waals surface area contributed by atoms with Crippen LogP contribution in [0.4, 0.5) is 0 Å². The SMILES string of the molecule is CCC(=O)N1C(C)CCC1C(=O)OC. The van der Waals surface area contributed by atoms with Crippen molar-refractivity contribution in [3.8, 4) is 0 Å². The number of ether oxygens (including phenoxy) is 1. The first-order valence-corrected chi connectivity index (χ1v) is 5.00. The second-order valence-corrected chi connectivity index (χ2v) is 3.62. The molecule has 2 unspecified atom stereocenters. The molecule has 1 rings (SSSR count). The number of amides is 1. The minimum atomic E-state index is -0.359. The molecule has 14 heavy (non-hydrogen) atoms. The van der Waals surface area contributed by atoms with Crippen molar-refractivity contribution in [2.75, 3.05) is 7.11 Å². The molecular formula is C10H17NO3. The lowest BCUT2D eigenvalue weighted by Gasteiger charge is -2.26. The highest BCUT2D eigenvalue weighted by Gasteiger charge is 2.38. The molecule has 1 heterocycles. The smallest absolute Gasteiger partial charge is 0.328 e. The van der Waals surface area contributed by atoms with Crippen molar-refractivity contribution >= 4 is 11.9 Å². The van der Waals surface area contributed by atoms with Crippen LogP contribution in [0.5, 0.6) is 0 Å². The largest absolute Gasteiger partial charge is 0.467 e. The van der Waals surface area contributed by atoms with Gasteiger partial charge in [-0.3, -0.25) is 4.79 Å². The fourth-order valence-corrected chi connectivity index (χ4v) is 1.95. The Morgan fingerprint density at radius 1 is 1.43 bits per heavy atom. The second-order valence-electron chi connectivity index (χ2n) is 3.62. The van der Waals surface area contributed by atoms with Gasteiger partial charge in [-0.15, -0.1) is 0 Å². The average Bonchev–Trinajstić information content (AvgIpc) is 2.58. The number of likely N-dealkylation sites (tertiary alicyclic amines) is 1. The van der Waals surface area contributed by atoms with Gasteiger partial charge >= 0.3 is 5.97 Å². The van der Waals surface area contributed by atoms with Crippen molar-refractivity contribution in [1.29, 1.82) is 0 Å². The summed E-state index contributed by atoms with van der Waals surface area (Å²) in [6, 6.07) is -0.200. The molecule has 0 spiro atoms. The van der Waals surface area contributed by atoms with Crippen LogP contribution < -0.4 is 0 Å². The maximum Gasteiger partial charge on any atom is 0.328 e. The minimum Gasteiger partial charge on any atom is -0.467 e. The lowest BCUT2D eigenvalue weighted by molar-refractivity contribution is -0.151. The van der Waals surface area contributed by atoms with Crippen LogP contribution in [0.1, 0.15) is 33.1 Å². The van der Waals surface area contributed by atoms with Gasteiger partial charge in [0.2, 0.25) is 5.91 Å². The van der Waals surface area contributed by atoms with E-state index in [1.54, 1.807) is 4.90 Å². The van der Waals surface area contributed by atoms with Crippen molar-refractivity contribution in [2.24, 2.45) is 0 Å². The quantitative estimate of drug-likeness (QED) is 0.622. The van der Waals surface area contributed by atoms with Gasteiger partial charge in [-0.2, -0.15) is 0 Å². The zero-order valence-corrected chi connectivity index (χ0v) is 8.95. The number of carbonyl (C=O) groups is 2. The van der Waals surface area contributed by atoms with Gasteiger partial charge in [0.05, 0.1) is 7.11 Å². The van der Waals surface area contributed by atoms with Crippen LogP contribution in [-0.4, -0.2) is 36.0 Å². The van der Waals surface area contributed by atoms with Gasteiger partial charge in [-0.05, 0) is 19.8 Å². The van der Waals surface area contributed by atoms with Gasteiger partial charge in [0.25, 0.3) is 0 Å². The van der Waals surface area contributed by atoms with E-state index < -0.39 is 0 Å². The van der Waals surface area contributed by atoms with E-state index in [2.05, 4.69) is 4.74 Å². The predicted molar refractivity (Wildman–Crippen MR) is 51.6 cm³/mol. The first-order valence-electron chi connectivity index (χ1n) is 5.00. The number of hydrogen-bond acceptors (Lipinski definition) is 3. The summed E-state index contributed by atoms with van der Waals surface area (Å²) in [5, 5.41) is 0. The van der Waals surface area contributed by atoms with Crippen LogP contribution in [0.25, 0.3) is 0 Å². The summed E-state index contributed by atoms with van der Waals surface area (Å²) in [7, 11) is 1.36. The van der Waals surface area contributed by atoms with Crippen molar-refractivity contribution in [1.82, 2.24) is 4.90 Å². The van der Waals surface area contributed by atoms with Crippen molar-refractivity contribution in [2.45, 2.75) is 45.2 Å². The van der Waals surface area contributed by atoms with Crippen LogP contribution >= 0.6 is 0 Å². The van der Waals surface area contributed by atoms with E-state index >= 15 is 0 Å². The van der Waals surface area contributed by atoms with E-state index in [9.17, 15) is 9.59 Å². The molecule has 1 aliphatic rings. The molecule has 0 aromatic heterocycles. The topological polar surface area (TPSA) is 46.6 Å². The fourth-order valence-electron chi connectivity index (χ4n) is 1.95. The Hall–Kier alpha value is -1.06. The summed E-state index contributed by atoms with van der Waals surface area (Å²) >= 11 is 0. The fraction of sp³-hybridized carbons (Fsp3) is 0.800. The Morgan fingerprint density at radius 3 is 2.57 bits per heavy atom. The number of hydrogen-bond donors (Lipinski definition) is 0. The number of methoxy groups -OCH3 is 1. The van der Waals surface area contributed by atoms with E-state index in [-0.39, 0.29) is 24.0 Å². The summed E-state index contributed by atoms with van der Waals surface area (Å²) < 4.78 is 4.67. The highest BCUT2D eigenvalue weighted by molar-refractivity contribution is 5.85. The molecule has 0 saturated carbocycles. The highest BCUT2D eigenvalue weighted by atomic mass is 16.5. The standard InChI is InChI=1S/C10H17NO3/c1-4-9(12)11-7(2)5-6-8(11)10(13)14-3/h7-8H,4-6H2,1-3H3. The van der Waals surface area contributed by atoms with Gasteiger partial charge in [-0.1, -0.05) is 6.92 Å². The molecule has 0 N–H and O–H groups in total. The van der Waals surface area contributed by atoms with E-state index in [1.807, 2.05) is 13.8 Å². The Morgan fingerprint density at radius 2 is 2.07 bits per heavy atom. The normalized spacial score (nSPS) is 26.4. The van der Waals surface area contributed by atoms with Crippen molar-refractivity contribution in [3.05, 3.63) is 0 Å². The molecule has 80 valence electrons. The summed E-state index contributed by atoms with van der Waals surface area (Å²) in [6.07, 6.45) is 2.04.